The number of allylic oxidation sites excluding steroid dienone is 1. The van der Waals surface area contributed by atoms with Crippen molar-refractivity contribution in [3.05, 3.63) is 38.7 Å². The molecule has 0 radical (unpaired) electrons. The van der Waals surface area contributed by atoms with E-state index in [0.717, 1.165) is 29.7 Å². The van der Waals surface area contributed by atoms with E-state index in [2.05, 4.69) is 10.3 Å². The van der Waals surface area contributed by atoms with E-state index in [0.29, 0.717) is 28.2 Å². The first-order chi connectivity index (χ1) is 14.5. The number of aromatic hydroxyl groups is 1. The SMILES string of the molecule is O=C(O)CCNC(=O)CCCCCn1c(O)c(/C=C2\C=Nc3ccccc32)sc1=S. The molecule has 7 nitrogen and oxygen atoms in total. The number of nitrogens with one attached hydrogen (secondary N) is 1. The molecule has 30 heavy (non-hydrogen) atoms. The van der Waals surface area contributed by atoms with Gasteiger partial charge in [0.05, 0.1) is 17.0 Å². The van der Waals surface area contributed by atoms with Gasteiger partial charge in [-0.05, 0) is 37.2 Å². The molecule has 0 unspecified atom stereocenters. The van der Waals surface area contributed by atoms with Crippen molar-refractivity contribution in [2.45, 2.75) is 38.6 Å². The number of para-hydroxylation sites is 1. The summed E-state index contributed by atoms with van der Waals surface area (Å²) in [5.74, 6) is -0.914. The fourth-order valence-electron chi connectivity index (χ4n) is 3.13. The van der Waals surface area contributed by atoms with Crippen molar-refractivity contribution in [2.24, 2.45) is 4.99 Å². The van der Waals surface area contributed by atoms with Crippen molar-refractivity contribution in [1.29, 1.82) is 0 Å². The monoisotopic (exact) mass is 445 g/mol. The number of aliphatic imine (C=N–C) groups is 1. The third-order valence-electron chi connectivity index (χ3n) is 4.68. The second-order valence-corrected chi connectivity index (χ2v) is 8.56. The molecule has 0 spiro atoms. The van der Waals surface area contributed by atoms with E-state index in [1.807, 2.05) is 30.3 Å². The number of carbonyl (C=O) groups is 2. The lowest BCUT2D eigenvalue weighted by Gasteiger charge is -2.06. The number of nitrogens with zero attached hydrogens (tertiary/aromatic N) is 2. The molecule has 0 saturated carbocycles. The van der Waals surface area contributed by atoms with Gasteiger partial charge >= 0.3 is 5.97 Å². The molecule has 0 bridgehead atoms. The first-order valence-electron chi connectivity index (χ1n) is 9.72. The Hall–Kier alpha value is -2.78. The number of carbonyl (C=O) groups excluding carboxylic acids is 1. The summed E-state index contributed by atoms with van der Waals surface area (Å²) in [6.45, 7) is 0.731. The Balaban J connectivity index is 1.50. The topological polar surface area (TPSA) is 104 Å². The van der Waals surface area contributed by atoms with Gasteiger partial charge in [0.2, 0.25) is 11.8 Å². The van der Waals surface area contributed by atoms with Crippen LogP contribution < -0.4 is 5.32 Å². The number of carboxylic acids is 1. The first-order valence-corrected chi connectivity index (χ1v) is 10.9. The van der Waals surface area contributed by atoms with Crippen molar-refractivity contribution < 1.29 is 19.8 Å². The van der Waals surface area contributed by atoms with Crippen LogP contribution in [0.1, 0.15) is 42.5 Å². The zero-order valence-electron chi connectivity index (χ0n) is 16.3. The third kappa shape index (κ3) is 5.64. The normalized spacial score (nSPS) is 13.5. The lowest BCUT2D eigenvalue weighted by molar-refractivity contribution is -0.136. The number of hydrogen-bond donors (Lipinski definition) is 3. The Morgan fingerprint density at radius 1 is 1.20 bits per heavy atom. The van der Waals surface area contributed by atoms with Crippen LogP contribution in [-0.2, 0) is 16.1 Å². The number of fused-ring (bicyclic) bond motifs is 1. The van der Waals surface area contributed by atoms with Crippen LogP contribution in [0.5, 0.6) is 5.88 Å². The quantitative estimate of drug-likeness (QED) is 0.372. The number of benzene rings is 1. The Kier molecular flexibility index (Phi) is 7.53. The fraction of sp³-hybridized carbons (Fsp3) is 0.333. The van der Waals surface area contributed by atoms with Crippen LogP contribution in [0, 0.1) is 3.95 Å². The molecule has 0 atom stereocenters. The van der Waals surface area contributed by atoms with Crippen LogP contribution in [0.4, 0.5) is 5.69 Å². The summed E-state index contributed by atoms with van der Waals surface area (Å²) in [6.07, 6.45) is 6.26. The van der Waals surface area contributed by atoms with Gasteiger partial charge in [0.1, 0.15) is 0 Å². The molecule has 1 aliphatic rings. The molecular weight excluding hydrogens is 422 g/mol. The Morgan fingerprint density at radius 2 is 2.00 bits per heavy atom. The number of amides is 1. The zero-order chi connectivity index (χ0) is 21.5. The average Bonchev–Trinajstić information content (AvgIpc) is 3.23. The van der Waals surface area contributed by atoms with Crippen LogP contribution in [0.2, 0.25) is 0 Å². The molecule has 1 aromatic heterocycles. The fourth-order valence-corrected chi connectivity index (χ4v) is 4.44. The Morgan fingerprint density at radius 3 is 2.80 bits per heavy atom. The molecule has 1 amide bonds. The molecule has 2 aromatic rings. The summed E-state index contributed by atoms with van der Waals surface area (Å²) >= 11 is 6.77. The highest BCUT2D eigenvalue weighted by Gasteiger charge is 2.15. The minimum absolute atomic E-state index is 0.0721. The van der Waals surface area contributed by atoms with Crippen LogP contribution in [-0.4, -0.2) is 39.4 Å². The molecule has 158 valence electrons. The van der Waals surface area contributed by atoms with E-state index in [-0.39, 0.29) is 24.8 Å². The number of thiazole rings is 1. The van der Waals surface area contributed by atoms with Crippen molar-refractivity contribution >= 4 is 59.0 Å². The van der Waals surface area contributed by atoms with Gasteiger partial charge < -0.3 is 15.5 Å². The Labute approximate surface area is 183 Å². The highest BCUT2D eigenvalue weighted by atomic mass is 32.1. The maximum Gasteiger partial charge on any atom is 0.305 e. The van der Waals surface area contributed by atoms with Gasteiger partial charge in [-0.25, -0.2) is 0 Å². The lowest BCUT2D eigenvalue weighted by Crippen LogP contribution is -2.25. The summed E-state index contributed by atoms with van der Waals surface area (Å²) in [6, 6.07) is 7.85. The molecule has 0 aliphatic carbocycles. The smallest absolute Gasteiger partial charge is 0.305 e. The van der Waals surface area contributed by atoms with Crippen molar-refractivity contribution in [2.75, 3.05) is 6.54 Å². The number of rotatable bonds is 10. The number of carboxylic acid groups (broad SMARTS) is 1. The van der Waals surface area contributed by atoms with Gasteiger partial charge in [-0.1, -0.05) is 24.6 Å². The van der Waals surface area contributed by atoms with Crippen LogP contribution >= 0.6 is 23.6 Å². The van der Waals surface area contributed by atoms with Crippen LogP contribution in [0.3, 0.4) is 0 Å². The molecule has 3 N–H and O–H groups in total. The predicted octanol–water partition coefficient (Wildman–Crippen LogP) is 4.39. The minimum atomic E-state index is -0.929. The standard InChI is InChI=1S/C21H23N3O4S2/c25-18(22-10-9-19(26)27)8-2-1-5-11-24-20(28)17(30-21(24)29)12-14-13-23-16-7-4-3-6-15(14)16/h3-4,6-7,12-13,28H,1-2,5,8-11H2,(H,22,25)(H,26,27)/b14-12+. The summed E-state index contributed by atoms with van der Waals surface area (Å²) in [5.41, 5.74) is 2.89. The number of aromatic nitrogens is 1. The largest absolute Gasteiger partial charge is 0.493 e. The van der Waals surface area contributed by atoms with Crippen LogP contribution in [0.25, 0.3) is 11.6 Å². The second kappa shape index (κ2) is 10.3. The van der Waals surface area contributed by atoms with Crippen molar-refractivity contribution in [1.82, 2.24) is 9.88 Å². The minimum Gasteiger partial charge on any atom is -0.493 e. The molecule has 0 saturated heterocycles. The van der Waals surface area contributed by atoms with Gasteiger partial charge in [0.15, 0.2) is 3.95 Å². The molecule has 1 aromatic carbocycles. The average molecular weight is 446 g/mol. The summed E-state index contributed by atoms with van der Waals surface area (Å²) < 4.78 is 2.33. The van der Waals surface area contributed by atoms with Crippen LogP contribution in [0.15, 0.2) is 29.3 Å². The van der Waals surface area contributed by atoms with E-state index in [1.54, 1.807) is 10.8 Å². The predicted molar refractivity (Wildman–Crippen MR) is 121 cm³/mol. The Bertz CT molecular complexity index is 1050. The summed E-state index contributed by atoms with van der Waals surface area (Å²) in [7, 11) is 0. The molecule has 3 rings (SSSR count). The molecule has 0 fully saturated rings. The van der Waals surface area contributed by atoms with E-state index in [1.165, 1.54) is 11.3 Å². The van der Waals surface area contributed by atoms with Gasteiger partial charge in [0.25, 0.3) is 0 Å². The van der Waals surface area contributed by atoms with E-state index >= 15 is 0 Å². The number of aliphatic carboxylic acids is 1. The maximum absolute atomic E-state index is 11.6. The van der Waals surface area contributed by atoms with Gasteiger partial charge in [0, 0.05) is 36.9 Å². The summed E-state index contributed by atoms with van der Waals surface area (Å²) in [4.78, 5) is 27.2. The van der Waals surface area contributed by atoms with Crippen molar-refractivity contribution in [3.63, 3.8) is 0 Å². The first kappa shape index (κ1) is 21.9. The number of unbranched alkanes of at least 4 members (excludes halogenated alkanes) is 2. The van der Waals surface area contributed by atoms with E-state index in [9.17, 15) is 14.7 Å². The van der Waals surface area contributed by atoms with E-state index in [4.69, 9.17) is 17.3 Å². The summed E-state index contributed by atoms with van der Waals surface area (Å²) in [5, 5.41) is 21.8. The highest BCUT2D eigenvalue weighted by molar-refractivity contribution is 7.73. The van der Waals surface area contributed by atoms with Gasteiger partial charge in [-0.3, -0.25) is 19.1 Å². The van der Waals surface area contributed by atoms with Gasteiger partial charge in [-0.15, -0.1) is 11.3 Å². The van der Waals surface area contributed by atoms with E-state index < -0.39 is 5.97 Å². The second-order valence-electron chi connectivity index (χ2n) is 6.89. The highest BCUT2D eigenvalue weighted by Crippen LogP contribution is 2.35. The zero-order valence-corrected chi connectivity index (χ0v) is 18.0. The molecule has 9 heteroatoms. The molecule has 1 aliphatic heterocycles. The molecular formula is C21H23N3O4S2. The third-order valence-corrected chi connectivity index (χ3v) is 6.07. The number of hydrogen-bond acceptors (Lipinski definition) is 6. The maximum atomic E-state index is 11.6. The van der Waals surface area contributed by atoms with Crippen molar-refractivity contribution in [3.8, 4) is 5.88 Å². The van der Waals surface area contributed by atoms with Gasteiger partial charge in [-0.2, -0.15) is 0 Å². The lowest BCUT2D eigenvalue weighted by atomic mass is 10.1. The molecule has 2 heterocycles.